The molecule has 2 N–H and O–H groups in total. The smallest absolute Gasteiger partial charge is 0.243 e. The first-order valence-electron chi connectivity index (χ1n) is 7.45. The third-order valence-electron chi connectivity index (χ3n) is 3.34. The van der Waals surface area contributed by atoms with E-state index in [9.17, 15) is 18.4 Å². The van der Waals surface area contributed by atoms with Crippen molar-refractivity contribution in [3.8, 4) is 0 Å². The molecule has 0 saturated heterocycles. The molecule has 11 heteroatoms. The van der Waals surface area contributed by atoms with Crippen molar-refractivity contribution < 1.29 is 18.4 Å². The molecular weight excluding hydrogens is 354 g/mol. The number of anilines is 1. The highest BCUT2D eigenvalue weighted by Gasteiger charge is 2.28. The molecule has 1 aromatic carbocycles. The Morgan fingerprint density at radius 1 is 1.24 bits per heavy atom. The first kappa shape index (κ1) is 17.3. The predicted octanol–water partition coefficient (Wildman–Crippen LogP) is 1.13. The zero-order valence-electron chi connectivity index (χ0n) is 12.9. The predicted molar refractivity (Wildman–Crippen MR) is 84.8 cm³/mol. The van der Waals surface area contributed by atoms with Crippen LogP contribution in [0.2, 0.25) is 0 Å². The second-order valence-electron chi connectivity index (χ2n) is 5.38. The van der Waals surface area contributed by atoms with Gasteiger partial charge in [0, 0.05) is 11.8 Å². The van der Waals surface area contributed by atoms with E-state index in [1.54, 1.807) is 4.68 Å². The molecule has 8 nitrogen and oxygen atoms in total. The Morgan fingerprint density at radius 3 is 2.76 bits per heavy atom. The van der Waals surface area contributed by atoms with E-state index in [1.165, 1.54) is 17.8 Å². The lowest BCUT2D eigenvalue weighted by Crippen LogP contribution is -2.34. The summed E-state index contributed by atoms with van der Waals surface area (Å²) in [6.07, 6.45) is 2.05. The van der Waals surface area contributed by atoms with Gasteiger partial charge < -0.3 is 10.6 Å². The molecule has 0 spiro atoms. The number of hydrogen-bond acceptors (Lipinski definition) is 6. The third-order valence-corrected chi connectivity index (χ3v) is 4.27. The first-order valence-corrected chi connectivity index (χ1v) is 8.44. The van der Waals surface area contributed by atoms with Crippen LogP contribution in [-0.4, -0.2) is 44.3 Å². The maximum atomic E-state index is 13.1. The Labute approximate surface area is 145 Å². The van der Waals surface area contributed by atoms with Crippen molar-refractivity contribution in [3.05, 3.63) is 29.8 Å². The Balaban J connectivity index is 1.41. The lowest BCUT2D eigenvalue weighted by Gasteiger charge is -2.07. The van der Waals surface area contributed by atoms with E-state index in [0.717, 1.165) is 25.0 Å². The normalized spacial score (nSPS) is 13.5. The van der Waals surface area contributed by atoms with Crippen LogP contribution in [0.4, 0.5) is 14.5 Å². The molecule has 1 aliphatic rings. The monoisotopic (exact) mass is 368 g/mol. The van der Waals surface area contributed by atoms with Gasteiger partial charge in [-0.1, -0.05) is 11.8 Å². The highest BCUT2D eigenvalue weighted by molar-refractivity contribution is 7.99. The van der Waals surface area contributed by atoms with Gasteiger partial charge >= 0.3 is 0 Å². The molecule has 1 saturated carbocycles. The third kappa shape index (κ3) is 4.72. The number of hydrogen-bond donors (Lipinski definition) is 2. The van der Waals surface area contributed by atoms with E-state index in [-0.39, 0.29) is 23.9 Å². The highest BCUT2D eigenvalue weighted by atomic mass is 32.2. The van der Waals surface area contributed by atoms with Crippen LogP contribution >= 0.6 is 11.8 Å². The number of carbonyl (C=O) groups is 2. The Kier molecular flexibility index (Phi) is 5.22. The maximum Gasteiger partial charge on any atom is 0.243 e. The van der Waals surface area contributed by atoms with E-state index in [0.29, 0.717) is 11.2 Å². The Hall–Kier alpha value is -2.56. The number of rotatable bonds is 7. The van der Waals surface area contributed by atoms with Crippen molar-refractivity contribution in [2.75, 3.05) is 17.6 Å². The fourth-order valence-corrected chi connectivity index (χ4v) is 2.74. The van der Waals surface area contributed by atoms with Gasteiger partial charge in [-0.15, -0.1) is 5.10 Å². The number of aromatic nitrogens is 4. The quantitative estimate of drug-likeness (QED) is 0.711. The number of tetrazole rings is 1. The van der Waals surface area contributed by atoms with Crippen molar-refractivity contribution in [2.24, 2.45) is 0 Å². The zero-order chi connectivity index (χ0) is 17.8. The molecule has 1 heterocycles. The number of halogens is 2. The van der Waals surface area contributed by atoms with Crippen molar-refractivity contribution in [2.45, 2.75) is 24.0 Å². The highest BCUT2D eigenvalue weighted by Crippen LogP contribution is 2.36. The first-order chi connectivity index (χ1) is 12.0. The number of carbonyl (C=O) groups excluding carboxylic acids is 2. The molecule has 0 bridgehead atoms. The fraction of sp³-hybridized carbons (Fsp3) is 0.357. The molecule has 3 rings (SSSR count). The molecular formula is C14H14F2N6O2S. The van der Waals surface area contributed by atoms with Gasteiger partial charge in [0.2, 0.25) is 17.0 Å². The summed E-state index contributed by atoms with van der Waals surface area (Å²) in [6, 6.07) is 3.31. The largest absolute Gasteiger partial charge is 0.346 e. The number of benzene rings is 1. The van der Waals surface area contributed by atoms with Gasteiger partial charge in [0.25, 0.3) is 0 Å². The standard InChI is InChI=1S/C14H14F2N6O2S/c15-10-4-1-8(5-11(10)16)18-12(23)6-17-13(24)7-25-14-19-20-21-22(14)9-2-3-9/h1,4-5,9H,2-3,6-7H2,(H,17,24)(H,18,23). The van der Waals surface area contributed by atoms with Crippen molar-refractivity contribution in [3.63, 3.8) is 0 Å². The molecule has 2 amide bonds. The van der Waals surface area contributed by atoms with Gasteiger partial charge in [-0.05, 0) is 35.4 Å². The molecule has 0 unspecified atom stereocenters. The van der Waals surface area contributed by atoms with Crippen LogP contribution in [0.3, 0.4) is 0 Å². The average molecular weight is 368 g/mol. The number of nitrogens with zero attached hydrogens (tertiary/aromatic N) is 4. The van der Waals surface area contributed by atoms with Gasteiger partial charge in [-0.3, -0.25) is 9.59 Å². The molecule has 0 radical (unpaired) electrons. The molecule has 132 valence electrons. The summed E-state index contributed by atoms with van der Waals surface area (Å²) in [5.74, 6) is -2.92. The SMILES string of the molecule is O=C(CSc1nnnn1C1CC1)NCC(=O)Nc1ccc(F)c(F)c1. The fourth-order valence-electron chi connectivity index (χ4n) is 1.97. The van der Waals surface area contributed by atoms with Crippen LogP contribution in [0.5, 0.6) is 0 Å². The summed E-state index contributed by atoms with van der Waals surface area (Å²) in [5, 5.41) is 16.7. The summed E-state index contributed by atoms with van der Waals surface area (Å²) in [6.45, 7) is -0.286. The van der Waals surface area contributed by atoms with Crippen molar-refractivity contribution in [1.82, 2.24) is 25.5 Å². The molecule has 1 fully saturated rings. The lowest BCUT2D eigenvalue weighted by atomic mass is 10.3. The van der Waals surface area contributed by atoms with Crippen molar-refractivity contribution in [1.29, 1.82) is 0 Å². The maximum absolute atomic E-state index is 13.1. The minimum Gasteiger partial charge on any atom is -0.346 e. The van der Waals surface area contributed by atoms with E-state index in [4.69, 9.17) is 0 Å². The van der Waals surface area contributed by atoms with Gasteiger partial charge in [-0.25, -0.2) is 13.5 Å². The minimum absolute atomic E-state index is 0.0611. The van der Waals surface area contributed by atoms with E-state index in [2.05, 4.69) is 26.2 Å². The van der Waals surface area contributed by atoms with Gasteiger partial charge in [0.15, 0.2) is 11.6 Å². The summed E-state index contributed by atoms with van der Waals surface area (Å²) < 4.78 is 27.6. The topological polar surface area (TPSA) is 102 Å². The lowest BCUT2D eigenvalue weighted by molar-refractivity contribution is -0.122. The van der Waals surface area contributed by atoms with Crippen LogP contribution in [0.25, 0.3) is 0 Å². The van der Waals surface area contributed by atoms with Gasteiger partial charge in [0.05, 0.1) is 18.3 Å². The summed E-state index contributed by atoms with van der Waals surface area (Å²) in [5.41, 5.74) is 0.108. The molecule has 25 heavy (non-hydrogen) atoms. The van der Waals surface area contributed by atoms with Gasteiger partial charge in [-0.2, -0.15) is 0 Å². The second kappa shape index (κ2) is 7.55. The Morgan fingerprint density at radius 2 is 2.04 bits per heavy atom. The summed E-state index contributed by atoms with van der Waals surface area (Å²) >= 11 is 1.18. The number of thioether (sulfide) groups is 1. The van der Waals surface area contributed by atoms with E-state index >= 15 is 0 Å². The van der Waals surface area contributed by atoms with Crippen LogP contribution in [0, 0.1) is 11.6 Å². The molecule has 1 aliphatic carbocycles. The molecule has 0 atom stereocenters. The Bertz CT molecular complexity index is 795. The molecule has 2 aromatic rings. The zero-order valence-corrected chi connectivity index (χ0v) is 13.7. The summed E-state index contributed by atoms with van der Waals surface area (Å²) in [4.78, 5) is 23.5. The van der Waals surface area contributed by atoms with Crippen LogP contribution < -0.4 is 10.6 Å². The van der Waals surface area contributed by atoms with Crippen LogP contribution in [-0.2, 0) is 9.59 Å². The van der Waals surface area contributed by atoms with Crippen molar-refractivity contribution >= 4 is 29.3 Å². The van der Waals surface area contributed by atoms with E-state index < -0.39 is 17.5 Å². The molecule has 1 aromatic heterocycles. The average Bonchev–Trinajstić information content (AvgIpc) is 3.32. The summed E-state index contributed by atoms with van der Waals surface area (Å²) in [7, 11) is 0. The number of amides is 2. The second-order valence-corrected chi connectivity index (χ2v) is 6.32. The van der Waals surface area contributed by atoms with Gasteiger partial charge in [0.1, 0.15) is 0 Å². The molecule has 0 aliphatic heterocycles. The number of nitrogens with one attached hydrogen (secondary N) is 2. The minimum atomic E-state index is -1.06. The van der Waals surface area contributed by atoms with E-state index in [1.807, 2.05) is 0 Å². The van der Waals surface area contributed by atoms with Crippen LogP contribution in [0.1, 0.15) is 18.9 Å². The van der Waals surface area contributed by atoms with Crippen LogP contribution in [0.15, 0.2) is 23.4 Å².